The van der Waals surface area contributed by atoms with Crippen molar-refractivity contribution in [2.24, 2.45) is 17.6 Å². The van der Waals surface area contributed by atoms with Crippen LogP contribution in [0.1, 0.15) is 26.2 Å². The average molecular weight is 175 g/mol. The fraction of sp³-hybridized carbons (Fsp3) is 0.500. The quantitative estimate of drug-likeness (QED) is 0.686. The van der Waals surface area contributed by atoms with Gasteiger partial charge in [-0.15, -0.1) is 0 Å². The average Bonchev–Trinajstić information content (AvgIpc) is 2.63. The van der Waals surface area contributed by atoms with Crippen LogP contribution >= 0.6 is 0 Å². The van der Waals surface area contributed by atoms with Gasteiger partial charge in [0.15, 0.2) is 0 Å². The van der Waals surface area contributed by atoms with Gasteiger partial charge >= 0.3 is 0 Å². The monoisotopic (exact) mass is 175 g/mol. The van der Waals surface area contributed by atoms with Crippen molar-refractivity contribution in [3.8, 4) is 0 Å². The Balaban J connectivity index is 2.40. The van der Waals surface area contributed by atoms with E-state index >= 15 is 0 Å². The van der Waals surface area contributed by atoms with Gasteiger partial charge in [0.05, 0.1) is 0 Å². The molecule has 2 bridgehead atoms. The van der Waals surface area contributed by atoms with Crippen LogP contribution in [0.15, 0.2) is 35.6 Å². The highest BCUT2D eigenvalue weighted by Gasteiger charge is 2.38. The summed E-state index contributed by atoms with van der Waals surface area (Å²) in [6, 6.07) is 0. The van der Waals surface area contributed by atoms with E-state index in [2.05, 4.69) is 25.7 Å². The molecule has 1 saturated carbocycles. The molecular weight excluding hydrogens is 158 g/mol. The standard InChI is InChI=1S/C12H17N/c1-3-4-11-9-5-6-10(7-9)12(11)8(2)13/h3-4,9-10H,2,5-7,13H2,1H3/b4-3-. The van der Waals surface area contributed by atoms with E-state index in [1.807, 2.05) is 0 Å². The third kappa shape index (κ3) is 1.23. The van der Waals surface area contributed by atoms with Crippen LogP contribution in [-0.4, -0.2) is 0 Å². The Morgan fingerprint density at radius 3 is 2.77 bits per heavy atom. The molecule has 2 N–H and O–H groups in total. The maximum atomic E-state index is 5.82. The zero-order valence-electron chi connectivity index (χ0n) is 8.22. The van der Waals surface area contributed by atoms with Crippen LogP contribution in [0.2, 0.25) is 0 Å². The van der Waals surface area contributed by atoms with Gasteiger partial charge in [0.1, 0.15) is 0 Å². The minimum Gasteiger partial charge on any atom is -0.399 e. The SMILES string of the molecule is C=C(N)C1=C(/C=C\C)C2CCC1C2. The molecule has 2 aliphatic rings. The Hall–Kier alpha value is -0.980. The molecule has 1 heteroatoms. The first-order valence-electron chi connectivity index (χ1n) is 5.05. The lowest BCUT2D eigenvalue weighted by Crippen LogP contribution is -2.09. The maximum Gasteiger partial charge on any atom is 0.0279 e. The summed E-state index contributed by atoms with van der Waals surface area (Å²) in [4.78, 5) is 0. The highest BCUT2D eigenvalue weighted by atomic mass is 14.6. The topological polar surface area (TPSA) is 26.0 Å². The molecule has 13 heavy (non-hydrogen) atoms. The fourth-order valence-corrected chi connectivity index (χ4v) is 2.83. The molecule has 0 radical (unpaired) electrons. The number of hydrogen-bond acceptors (Lipinski definition) is 1. The predicted molar refractivity (Wildman–Crippen MR) is 56.0 cm³/mol. The minimum atomic E-state index is 0.716. The molecule has 2 atom stereocenters. The summed E-state index contributed by atoms with van der Waals surface area (Å²) in [5, 5.41) is 0. The second-order valence-corrected chi connectivity index (χ2v) is 4.10. The van der Waals surface area contributed by atoms with Crippen molar-refractivity contribution in [1.29, 1.82) is 0 Å². The van der Waals surface area contributed by atoms with Gasteiger partial charge in [-0.3, -0.25) is 0 Å². The van der Waals surface area contributed by atoms with Crippen LogP contribution in [0, 0.1) is 11.8 Å². The zero-order valence-corrected chi connectivity index (χ0v) is 8.22. The van der Waals surface area contributed by atoms with Crippen LogP contribution < -0.4 is 5.73 Å². The van der Waals surface area contributed by atoms with Crippen LogP contribution in [0.5, 0.6) is 0 Å². The van der Waals surface area contributed by atoms with E-state index in [4.69, 9.17) is 5.73 Å². The molecule has 1 nitrogen and oxygen atoms in total. The molecule has 2 rings (SSSR count). The van der Waals surface area contributed by atoms with Gasteiger partial charge in [0.25, 0.3) is 0 Å². The first-order chi connectivity index (χ1) is 6.24. The molecule has 2 aliphatic carbocycles. The van der Waals surface area contributed by atoms with Crippen LogP contribution in [0.3, 0.4) is 0 Å². The van der Waals surface area contributed by atoms with Crippen molar-refractivity contribution in [3.05, 3.63) is 35.6 Å². The Bertz CT molecular complexity index is 296. The molecule has 0 aromatic heterocycles. The Kier molecular flexibility index (Phi) is 2.03. The van der Waals surface area contributed by atoms with Gasteiger partial charge in [-0.05, 0) is 49.2 Å². The molecule has 0 saturated heterocycles. The molecule has 2 unspecified atom stereocenters. The van der Waals surface area contributed by atoms with Gasteiger partial charge in [-0.1, -0.05) is 18.7 Å². The second-order valence-electron chi connectivity index (χ2n) is 4.10. The fourth-order valence-electron chi connectivity index (χ4n) is 2.83. The van der Waals surface area contributed by atoms with E-state index in [-0.39, 0.29) is 0 Å². The zero-order chi connectivity index (χ0) is 9.42. The van der Waals surface area contributed by atoms with Crippen molar-refractivity contribution < 1.29 is 0 Å². The van der Waals surface area contributed by atoms with Crippen molar-refractivity contribution in [1.82, 2.24) is 0 Å². The van der Waals surface area contributed by atoms with Gasteiger partial charge in [0.2, 0.25) is 0 Å². The summed E-state index contributed by atoms with van der Waals surface area (Å²) in [5.41, 5.74) is 9.43. The lowest BCUT2D eigenvalue weighted by Gasteiger charge is -2.17. The van der Waals surface area contributed by atoms with Gasteiger partial charge in [-0.25, -0.2) is 0 Å². The lowest BCUT2D eigenvalue weighted by molar-refractivity contribution is 0.660. The summed E-state index contributed by atoms with van der Waals surface area (Å²) in [7, 11) is 0. The largest absolute Gasteiger partial charge is 0.399 e. The third-order valence-corrected chi connectivity index (χ3v) is 3.28. The lowest BCUT2D eigenvalue weighted by atomic mass is 9.90. The smallest absolute Gasteiger partial charge is 0.0279 e. The minimum absolute atomic E-state index is 0.716. The van der Waals surface area contributed by atoms with E-state index in [1.54, 1.807) is 0 Å². The van der Waals surface area contributed by atoms with E-state index in [0.29, 0.717) is 5.92 Å². The van der Waals surface area contributed by atoms with Crippen molar-refractivity contribution in [2.45, 2.75) is 26.2 Å². The maximum absolute atomic E-state index is 5.82. The predicted octanol–water partition coefficient (Wildman–Crippen LogP) is 2.76. The number of hydrogen-bond donors (Lipinski definition) is 1. The molecule has 1 fully saturated rings. The van der Waals surface area contributed by atoms with Crippen LogP contribution in [-0.2, 0) is 0 Å². The van der Waals surface area contributed by atoms with E-state index in [9.17, 15) is 0 Å². The highest BCUT2D eigenvalue weighted by molar-refractivity contribution is 5.45. The first kappa shape index (κ1) is 8.61. The van der Waals surface area contributed by atoms with Crippen molar-refractivity contribution in [2.75, 3.05) is 0 Å². The second kappa shape index (κ2) is 3.06. The van der Waals surface area contributed by atoms with Crippen molar-refractivity contribution in [3.63, 3.8) is 0 Å². The summed E-state index contributed by atoms with van der Waals surface area (Å²) in [5.74, 6) is 1.49. The molecule has 0 aromatic rings. The van der Waals surface area contributed by atoms with Gasteiger partial charge < -0.3 is 5.73 Å². The summed E-state index contributed by atoms with van der Waals surface area (Å²) in [6.07, 6.45) is 8.31. The van der Waals surface area contributed by atoms with E-state index in [0.717, 1.165) is 11.6 Å². The number of nitrogens with two attached hydrogens (primary N) is 1. The van der Waals surface area contributed by atoms with Crippen LogP contribution in [0.25, 0.3) is 0 Å². The number of rotatable bonds is 2. The normalized spacial score (nSPS) is 32.1. The summed E-state index contributed by atoms with van der Waals surface area (Å²) >= 11 is 0. The Labute approximate surface area is 80.0 Å². The number of fused-ring (bicyclic) bond motifs is 2. The third-order valence-electron chi connectivity index (χ3n) is 3.28. The van der Waals surface area contributed by atoms with Crippen LogP contribution in [0.4, 0.5) is 0 Å². The van der Waals surface area contributed by atoms with Gasteiger partial charge in [0, 0.05) is 5.70 Å². The Morgan fingerprint density at radius 1 is 1.46 bits per heavy atom. The molecular formula is C12H17N. The molecule has 0 amide bonds. The molecule has 0 aromatic carbocycles. The first-order valence-corrected chi connectivity index (χ1v) is 5.05. The molecule has 0 spiro atoms. The van der Waals surface area contributed by atoms with E-state index < -0.39 is 0 Å². The summed E-state index contributed by atoms with van der Waals surface area (Å²) in [6.45, 7) is 5.94. The molecule has 0 heterocycles. The number of allylic oxidation sites excluding steroid dienone is 4. The van der Waals surface area contributed by atoms with E-state index in [1.165, 1.54) is 30.4 Å². The molecule has 70 valence electrons. The highest BCUT2D eigenvalue weighted by Crippen LogP contribution is 2.50. The molecule has 0 aliphatic heterocycles. The summed E-state index contributed by atoms with van der Waals surface area (Å²) < 4.78 is 0. The van der Waals surface area contributed by atoms with Gasteiger partial charge in [-0.2, -0.15) is 0 Å². The van der Waals surface area contributed by atoms with Crippen molar-refractivity contribution >= 4 is 0 Å². The Morgan fingerprint density at radius 2 is 2.15 bits per heavy atom.